The molecule has 5 aromatic rings. The summed E-state index contributed by atoms with van der Waals surface area (Å²) in [6, 6.07) is 12.3. The van der Waals surface area contributed by atoms with Crippen molar-refractivity contribution in [2.24, 2.45) is 0 Å². The molecular formula is C32H35F3N6O4SSi. The average molecular weight is 685 g/mol. The highest BCUT2D eigenvalue weighted by Crippen LogP contribution is 2.37. The highest BCUT2D eigenvalue weighted by Gasteiger charge is 2.37. The molecule has 3 aromatic heterocycles. The fourth-order valence-corrected chi connectivity index (χ4v) is 6.06. The van der Waals surface area contributed by atoms with Crippen LogP contribution in [0.1, 0.15) is 43.0 Å². The second kappa shape index (κ2) is 13.5. The van der Waals surface area contributed by atoms with Crippen molar-refractivity contribution in [3.8, 4) is 17.4 Å². The molecule has 0 fully saturated rings. The van der Waals surface area contributed by atoms with Crippen molar-refractivity contribution >= 4 is 25.6 Å². The first-order chi connectivity index (χ1) is 22.2. The van der Waals surface area contributed by atoms with Crippen LogP contribution in [-0.4, -0.2) is 44.8 Å². The van der Waals surface area contributed by atoms with E-state index in [4.69, 9.17) is 13.9 Å². The Morgan fingerprint density at radius 3 is 2.17 bits per heavy atom. The number of benzene rings is 2. The number of alkyl halides is 3. The lowest BCUT2D eigenvalue weighted by Gasteiger charge is -2.36. The minimum absolute atomic E-state index is 0.0384. The summed E-state index contributed by atoms with van der Waals surface area (Å²) in [6.07, 6.45) is -0.0493. The SMILES string of the molecule is COc1ccc(COc2cnc(-n3c(SCc4ccc(C(F)(F)F)cc4)nn4ncc(CO[Si](C)(C)C(C)(C)C)c4c3=O)cn2)cc1. The third-order valence-corrected chi connectivity index (χ3v) is 13.5. The number of rotatable bonds is 11. The van der Waals surface area contributed by atoms with Gasteiger partial charge in [-0.3, -0.25) is 4.79 Å². The fourth-order valence-electron chi connectivity index (χ4n) is 4.18. The van der Waals surface area contributed by atoms with Crippen molar-refractivity contribution in [2.75, 3.05) is 7.11 Å². The summed E-state index contributed by atoms with van der Waals surface area (Å²) in [5.41, 5.74) is 1.13. The molecule has 0 saturated heterocycles. The van der Waals surface area contributed by atoms with Crippen LogP contribution < -0.4 is 15.0 Å². The van der Waals surface area contributed by atoms with Crippen molar-refractivity contribution in [1.29, 1.82) is 0 Å². The minimum Gasteiger partial charge on any atom is -0.497 e. The van der Waals surface area contributed by atoms with Gasteiger partial charge in [-0.25, -0.2) is 14.5 Å². The van der Waals surface area contributed by atoms with E-state index in [0.717, 1.165) is 35.2 Å². The molecule has 0 saturated carbocycles. The van der Waals surface area contributed by atoms with Crippen molar-refractivity contribution < 1.29 is 27.1 Å². The standard InChI is InChI=1S/C32H35F3N6O4SSi/c1-31(2,3)47(5,6)45-19-23-15-38-41-28(23)29(42)40(30(39-41)46-20-22-7-11-24(12-8-22)32(33,34)35)26-16-37-27(17-36-26)44-18-21-9-13-25(43-4)14-10-21/h7-17H,18-20H2,1-6H3. The van der Waals surface area contributed by atoms with Crippen LogP contribution in [-0.2, 0) is 29.6 Å². The Bertz CT molecular complexity index is 1890. The summed E-state index contributed by atoms with van der Waals surface area (Å²) < 4.78 is 59.2. The van der Waals surface area contributed by atoms with Gasteiger partial charge in [0.1, 0.15) is 12.4 Å². The van der Waals surface area contributed by atoms with Crippen LogP contribution in [0.4, 0.5) is 13.2 Å². The maximum atomic E-state index is 14.1. The number of ether oxygens (including phenoxy) is 2. The lowest BCUT2D eigenvalue weighted by Crippen LogP contribution is -2.40. The molecule has 248 valence electrons. The predicted octanol–water partition coefficient (Wildman–Crippen LogP) is 7.09. The fraction of sp³-hybridized carbons (Fsp3) is 0.344. The molecule has 5 rings (SSSR count). The third-order valence-electron chi connectivity index (χ3n) is 8.04. The summed E-state index contributed by atoms with van der Waals surface area (Å²) in [4.78, 5) is 23.0. The van der Waals surface area contributed by atoms with Gasteiger partial charge in [0.2, 0.25) is 5.88 Å². The van der Waals surface area contributed by atoms with E-state index >= 15 is 0 Å². The maximum absolute atomic E-state index is 14.1. The molecule has 47 heavy (non-hydrogen) atoms. The Kier molecular flexibility index (Phi) is 9.80. The Morgan fingerprint density at radius 2 is 1.57 bits per heavy atom. The number of fused-ring (bicyclic) bond motifs is 1. The average Bonchev–Trinajstić information content (AvgIpc) is 3.45. The molecule has 3 heterocycles. The number of thioether (sulfide) groups is 1. The highest BCUT2D eigenvalue weighted by molar-refractivity contribution is 7.98. The molecule has 0 bridgehead atoms. The molecule has 0 spiro atoms. The summed E-state index contributed by atoms with van der Waals surface area (Å²) >= 11 is 1.16. The normalized spacial score (nSPS) is 12.4. The quantitative estimate of drug-likeness (QED) is 0.107. The second-order valence-corrected chi connectivity index (χ2v) is 18.1. The number of hydrogen-bond acceptors (Lipinski definition) is 9. The van der Waals surface area contributed by atoms with E-state index in [0.29, 0.717) is 11.1 Å². The number of halogens is 3. The van der Waals surface area contributed by atoms with Crippen molar-refractivity contribution in [1.82, 2.24) is 29.4 Å². The summed E-state index contributed by atoms with van der Waals surface area (Å²) in [5.74, 6) is 1.40. The number of methoxy groups -OCH3 is 1. The molecule has 0 atom stereocenters. The second-order valence-electron chi connectivity index (χ2n) is 12.3. The molecule has 0 radical (unpaired) electrons. The van der Waals surface area contributed by atoms with Gasteiger partial charge in [0, 0.05) is 11.3 Å². The van der Waals surface area contributed by atoms with Gasteiger partial charge in [-0.05, 0) is 53.5 Å². The van der Waals surface area contributed by atoms with E-state index in [1.54, 1.807) is 13.3 Å². The first-order valence-electron chi connectivity index (χ1n) is 14.7. The monoisotopic (exact) mass is 684 g/mol. The van der Waals surface area contributed by atoms with Gasteiger partial charge in [0.15, 0.2) is 24.8 Å². The molecule has 0 unspecified atom stereocenters. The van der Waals surface area contributed by atoms with Gasteiger partial charge in [-0.15, -0.1) is 9.73 Å². The lowest BCUT2D eigenvalue weighted by molar-refractivity contribution is -0.137. The Morgan fingerprint density at radius 1 is 0.894 bits per heavy atom. The van der Waals surface area contributed by atoms with Crippen LogP contribution >= 0.6 is 11.8 Å². The van der Waals surface area contributed by atoms with Gasteiger partial charge in [0.25, 0.3) is 5.56 Å². The summed E-state index contributed by atoms with van der Waals surface area (Å²) in [6.45, 7) is 11.1. The summed E-state index contributed by atoms with van der Waals surface area (Å²) in [7, 11) is -0.553. The first-order valence-corrected chi connectivity index (χ1v) is 18.6. The zero-order valence-electron chi connectivity index (χ0n) is 26.8. The Hall–Kier alpha value is -4.21. The molecule has 15 heteroatoms. The van der Waals surface area contributed by atoms with E-state index in [9.17, 15) is 18.0 Å². The Balaban J connectivity index is 1.46. The molecule has 0 aliphatic rings. The van der Waals surface area contributed by atoms with Crippen LogP contribution in [0.3, 0.4) is 0 Å². The molecule has 0 aliphatic heterocycles. The van der Waals surface area contributed by atoms with Gasteiger partial charge < -0.3 is 13.9 Å². The van der Waals surface area contributed by atoms with Crippen molar-refractivity contribution in [2.45, 2.75) is 69.2 Å². The molecular weight excluding hydrogens is 650 g/mol. The topological polar surface area (TPSA) is 106 Å². The molecule has 2 aromatic carbocycles. The maximum Gasteiger partial charge on any atom is 0.416 e. The van der Waals surface area contributed by atoms with Crippen molar-refractivity contribution in [3.05, 3.63) is 99.7 Å². The molecule has 10 nitrogen and oxygen atoms in total. The number of aromatic nitrogens is 6. The molecule has 0 N–H and O–H groups in total. The van der Waals surface area contributed by atoms with Crippen LogP contribution in [0.5, 0.6) is 11.6 Å². The van der Waals surface area contributed by atoms with E-state index in [1.807, 2.05) is 24.3 Å². The van der Waals surface area contributed by atoms with Gasteiger partial charge in [-0.1, -0.05) is 56.8 Å². The molecule has 0 aliphatic carbocycles. The largest absolute Gasteiger partial charge is 0.497 e. The van der Waals surface area contributed by atoms with E-state index in [-0.39, 0.29) is 46.4 Å². The van der Waals surface area contributed by atoms with Gasteiger partial charge >= 0.3 is 6.18 Å². The third kappa shape index (κ3) is 7.85. The molecule has 0 amide bonds. The summed E-state index contributed by atoms with van der Waals surface area (Å²) in [5, 5.41) is 9.13. The Labute approximate surface area is 275 Å². The zero-order chi connectivity index (χ0) is 34.0. The zero-order valence-corrected chi connectivity index (χ0v) is 28.6. The van der Waals surface area contributed by atoms with Crippen molar-refractivity contribution in [3.63, 3.8) is 0 Å². The van der Waals surface area contributed by atoms with Crippen LogP contribution in [0.25, 0.3) is 11.3 Å². The lowest BCUT2D eigenvalue weighted by atomic mass is 10.1. The van der Waals surface area contributed by atoms with Gasteiger partial charge in [0.05, 0.1) is 37.9 Å². The minimum atomic E-state index is -4.44. The van der Waals surface area contributed by atoms with E-state index in [1.165, 1.54) is 33.7 Å². The van der Waals surface area contributed by atoms with Gasteiger partial charge in [-0.2, -0.15) is 18.3 Å². The first kappa shape index (κ1) is 34.1. The van der Waals surface area contributed by atoms with E-state index < -0.39 is 25.6 Å². The van der Waals surface area contributed by atoms with Crippen LogP contribution in [0, 0.1) is 0 Å². The van der Waals surface area contributed by atoms with Crippen LogP contribution in [0.2, 0.25) is 18.1 Å². The predicted molar refractivity (Wildman–Crippen MR) is 174 cm³/mol. The number of hydrogen-bond donors (Lipinski definition) is 0. The number of nitrogens with zero attached hydrogens (tertiary/aromatic N) is 6. The highest BCUT2D eigenvalue weighted by atomic mass is 32.2. The smallest absolute Gasteiger partial charge is 0.416 e. The van der Waals surface area contributed by atoms with E-state index in [2.05, 4.69) is 54.0 Å². The van der Waals surface area contributed by atoms with Crippen LogP contribution in [0.15, 0.2) is 77.1 Å².